The molecule has 4 atom stereocenters. The molecule has 1 aliphatic carbocycles. The van der Waals surface area contributed by atoms with Gasteiger partial charge in [-0.1, -0.05) is 13.3 Å². The van der Waals surface area contributed by atoms with Crippen molar-refractivity contribution >= 4 is 11.8 Å². The molecule has 0 amide bonds. The van der Waals surface area contributed by atoms with Crippen molar-refractivity contribution < 1.29 is 19.1 Å². The fourth-order valence-corrected chi connectivity index (χ4v) is 4.48. The molecule has 20 heavy (non-hydrogen) atoms. The summed E-state index contributed by atoms with van der Waals surface area (Å²) in [6.45, 7) is 7.46. The maximum Gasteiger partial charge on any atom is 0.347 e. The summed E-state index contributed by atoms with van der Waals surface area (Å²) in [6, 6.07) is 0. The number of rotatable bonds is 1. The Balaban J connectivity index is 1.98. The number of hydrogen-bond acceptors (Lipinski definition) is 4. The van der Waals surface area contributed by atoms with Crippen LogP contribution in [0.5, 0.6) is 0 Å². The Morgan fingerprint density at radius 3 is 2.70 bits per heavy atom. The van der Waals surface area contributed by atoms with Crippen LogP contribution in [0.1, 0.15) is 59.8 Å². The number of carbonyl (C=O) groups is 2. The lowest BCUT2D eigenvalue weighted by molar-refractivity contribution is -0.203. The zero-order chi connectivity index (χ0) is 14.8. The quantitative estimate of drug-likeness (QED) is 0.547. The molecule has 2 aliphatic heterocycles. The van der Waals surface area contributed by atoms with E-state index in [1.807, 2.05) is 27.7 Å². The summed E-state index contributed by atoms with van der Waals surface area (Å²) in [5.41, 5.74) is -2.18. The first-order valence-corrected chi connectivity index (χ1v) is 7.68. The molecular formula is C16H24O4. The van der Waals surface area contributed by atoms with Crippen LogP contribution in [0.25, 0.3) is 0 Å². The van der Waals surface area contributed by atoms with Crippen molar-refractivity contribution in [2.24, 2.45) is 11.8 Å². The van der Waals surface area contributed by atoms with Gasteiger partial charge in [-0.15, -0.1) is 0 Å². The molecule has 4 nitrogen and oxygen atoms in total. The summed E-state index contributed by atoms with van der Waals surface area (Å²) in [5.74, 6) is -0.313. The highest BCUT2D eigenvalue weighted by molar-refractivity contribution is 6.09. The second-order valence-electron chi connectivity index (χ2n) is 7.61. The fraction of sp³-hybridized carbons (Fsp3) is 0.875. The number of hydrogen-bond donors (Lipinski definition) is 0. The molecule has 2 saturated heterocycles. The minimum Gasteiger partial charge on any atom is -0.457 e. The van der Waals surface area contributed by atoms with Gasteiger partial charge in [0.25, 0.3) is 0 Å². The topological polar surface area (TPSA) is 52.6 Å². The molecule has 0 aromatic carbocycles. The Kier molecular flexibility index (Phi) is 2.85. The molecule has 0 unspecified atom stereocenters. The number of esters is 1. The monoisotopic (exact) mass is 280 g/mol. The average Bonchev–Trinajstić information content (AvgIpc) is 2.79. The van der Waals surface area contributed by atoms with Crippen LogP contribution in [0.4, 0.5) is 0 Å². The third-order valence-corrected chi connectivity index (χ3v) is 5.29. The van der Waals surface area contributed by atoms with Gasteiger partial charge in [0.1, 0.15) is 5.60 Å². The average molecular weight is 280 g/mol. The van der Waals surface area contributed by atoms with E-state index in [1.54, 1.807) is 0 Å². The zero-order valence-corrected chi connectivity index (χ0v) is 12.8. The molecule has 4 heteroatoms. The van der Waals surface area contributed by atoms with Crippen LogP contribution in [-0.4, -0.2) is 28.6 Å². The zero-order valence-electron chi connectivity index (χ0n) is 12.8. The van der Waals surface area contributed by atoms with E-state index in [4.69, 9.17) is 9.47 Å². The largest absolute Gasteiger partial charge is 0.457 e. The van der Waals surface area contributed by atoms with Crippen LogP contribution in [0, 0.1) is 11.8 Å². The number of ketones is 1. The van der Waals surface area contributed by atoms with Crippen LogP contribution >= 0.6 is 0 Å². The molecule has 0 radical (unpaired) electrons. The van der Waals surface area contributed by atoms with E-state index in [-0.39, 0.29) is 17.3 Å². The lowest BCUT2D eigenvalue weighted by atomic mass is 9.78. The summed E-state index contributed by atoms with van der Waals surface area (Å²) in [6.07, 6.45) is 4.37. The van der Waals surface area contributed by atoms with Crippen molar-refractivity contribution in [2.45, 2.75) is 76.6 Å². The van der Waals surface area contributed by atoms with Gasteiger partial charge in [-0.3, -0.25) is 4.79 Å². The van der Waals surface area contributed by atoms with Crippen LogP contribution in [-0.2, 0) is 19.1 Å². The van der Waals surface area contributed by atoms with Crippen molar-refractivity contribution in [2.75, 3.05) is 0 Å². The number of carbonyl (C=O) groups excluding carboxylic acids is 2. The van der Waals surface area contributed by atoms with Gasteiger partial charge in [0.15, 0.2) is 5.78 Å². The second-order valence-corrected chi connectivity index (χ2v) is 7.61. The summed E-state index contributed by atoms with van der Waals surface area (Å²) in [7, 11) is 0. The minimum atomic E-state index is -1.34. The lowest BCUT2D eigenvalue weighted by Gasteiger charge is -2.38. The number of ether oxygens (including phenoxy) is 2. The Bertz CT molecular complexity index is 464. The third kappa shape index (κ3) is 1.70. The van der Waals surface area contributed by atoms with Crippen LogP contribution in [0.2, 0.25) is 0 Å². The van der Waals surface area contributed by atoms with Gasteiger partial charge in [0.2, 0.25) is 5.60 Å². The molecule has 1 spiro atoms. The predicted molar refractivity (Wildman–Crippen MR) is 73.1 cm³/mol. The van der Waals surface area contributed by atoms with Gasteiger partial charge < -0.3 is 9.47 Å². The van der Waals surface area contributed by atoms with E-state index < -0.39 is 17.2 Å². The first kappa shape index (κ1) is 14.1. The number of Topliss-reactive ketones (excluding diaryl/α,β-unsaturated/α-hetero) is 1. The normalized spacial score (nSPS) is 43.5. The lowest BCUT2D eigenvalue weighted by Crippen LogP contribution is -2.56. The van der Waals surface area contributed by atoms with Gasteiger partial charge in [-0.05, 0) is 46.0 Å². The Morgan fingerprint density at radius 1 is 1.35 bits per heavy atom. The van der Waals surface area contributed by atoms with Gasteiger partial charge in [0.05, 0.1) is 5.60 Å². The van der Waals surface area contributed by atoms with E-state index >= 15 is 0 Å². The third-order valence-electron chi connectivity index (χ3n) is 5.29. The molecule has 0 aromatic rings. The molecule has 0 aromatic heterocycles. The predicted octanol–water partition coefficient (Wildman–Crippen LogP) is 2.64. The van der Waals surface area contributed by atoms with E-state index in [1.165, 1.54) is 0 Å². The maximum absolute atomic E-state index is 12.7. The van der Waals surface area contributed by atoms with Crippen LogP contribution < -0.4 is 0 Å². The Labute approximate surface area is 120 Å². The first-order chi connectivity index (χ1) is 9.21. The van der Waals surface area contributed by atoms with E-state index in [0.717, 1.165) is 25.7 Å². The van der Waals surface area contributed by atoms with Gasteiger partial charge in [-0.2, -0.15) is 0 Å². The molecule has 2 bridgehead atoms. The number of fused-ring (bicyclic) bond motifs is 1. The van der Waals surface area contributed by atoms with E-state index in [9.17, 15) is 9.59 Å². The van der Waals surface area contributed by atoms with Crippen LogP contribution in [0.15, 0.2) is 0 Å². The van der Waals surface area contributed by atoms with E-state index in [0.29, 0.717) is 12.3 Å². The summed E-state index contributed by atoms with van der Waals surface area (Å²) in [4.78, 5) is 25.2. The Hall–Kier alpha value is -0.900. The summed E-state index contributed by atoms with van der Waals surface area (Å²) < 4.78 is 11.7. The van der Waals surface area contributed by atoms with Gasteiger partial charge >= 0.3 is 5.97 Å². The SMILES string of the molecule is C[C@H]1[C@@H]2CCC[C@@]23CCC(=O)[C@]1(C(=O)OC(C)(C)C)O3. The highest BCUT2D eigenvalue weighted by atomic mass is 16.6. The van der Waals surface area contributed by atoms with Crippen molar-refractivity contribution in [3.05, 3.63) is 0 Å². The standard InChI is InChI=1S/C16H24O4/c1-10-11-6-5-8-15(11)9-7-12(17)16(10,20-15)13(18)19-14(2,3)4/h10-11H,5-9H2,1-4H3/t10-,11-,15+,16+/m0/s1. The maximum atomic E-state index is 12.7. The van der Waals surface area contributed by atoms with Gasteiger partial charge in [0, 0.05) is 12.3 Å². The highest BCUT2D eigenvalue weighted by Gasteiger charge is 2.71. The smallest absolute Gasteiger partial charge is 0.347 e. The van der Waals surface area contributed by atoms with E-state index in [2.05, 4.69) is 0 Å². The fourth-order valence-electron chi connectivity index (χ4n) is 4.48. The van der Waals surface area contributed by atoms with Crippen molar-refractivity contribution in [1.29, 1.82) is 0 Å². The molecule has 112 valence electrons. The molecule has 3 fully saturated rings. The summed E-state index contributed by atoms with van der Waals surface area (Å²) >= 11 is 0. The Morgan fingerprint density at radius 2 is 2.05 bits per heavy atom. The molecular weight excluding hydrogens is 256 g/mol. The molecule has 0 N–H and O–H groups in total. The summed E-state index contributed by atoms with van der Waals surface area (Å²) in [5, 5.41) is 0. The molecule has 3 rings (SSSR count). The van der Waals surface area contributed by atoms with Crippen molar-refractivity contribution in [1.82, 2.24) is 0 Å². The van der Waals surface area contributed by atoms with Crippen molar-refractivity contribution in [3.63, 3.8) is 0 Å². The first-order valence-electron chi connectivity index (χ1n) is 7.68. The minimum absolute atomic E-state index is 0.0742. The van der Waals surface area contributed by atoms with Crippen molar-refractivity contribution in [3.8, 4) is 0 Å². The molecule has 3 aliphatic rings. The highest BCUT2D eigenvalue weighted by Crippen LogP contribution is 2.60. The van der Waals surface area contributed by atoms with Gasteiger partial charge in [-0.25, -0.2) is 4.79 Å². The van der Waals surface area contributed by atoms with Crippen LogP contribution in [0.3, 0.4) is 0 Å². The molecule has 2 heterocycles. The molecule has 1 saturated carbocycles. The second kappa shape index (κ2) is 4.06.